The first-order valence-electron chi connectivity index (χ1n) is 7.50. The zero-order valence-electron chi connectivity index (χ0n) is 12.8. The van der Waals surface area contributed by atoms with E-state index in [0.717, 1.165) is 11.1 Å². The summed E-state index contributed by atoms with van der Waals surface area (Å²) in [6.45, 7) is 1.42. The first kappa shape index (κ1) is 15.0. The van der Waals surface area contributed by atoms with Gasteiger partial charge in [0.05, 0.1) is 11.6 Å². The van der Waals surface area contributed by atoms with Gasteiger partial charge in [-0.25, -0.2) is 0 Å². The molecule has 0 amide bonds. The lowest BCUT2D eigenvalue weighted by molar-refractivity contribution is 0.101. The molecule has 0 unspecified atom stereocenters. The van der Waals surface area contributed by atoms with Crippen LogP contribution in [-0.4, -0.2) is 10.4 Å². The molecule has 1 heterocycles. The molecule has 0 saturated carbocycles. The number of Topliss-reactive ketones (excluding diaryl/α,β-unsaturated/α-hetero) is 1. The minimum atomic E-state index is -0.266. The largest absolute Gasteiger partial charge is 0.303 e. The Morgan fingerprint density at radius 1 is 0.826 bits per heavy atom. The van der Waals surface area contributed by atoms with Crippen LogP contribution in [0.2, 0.25) is 0 Å². The van der Waals surface area contributed by atoms with E-state index < -0.39 is 0 Å². The van der Waals surface area contributed by atoms with Gasteiger partial charge in [0.2, 0.25) is 0 Å². The quantitative estimate of drug-likeness (QED) is 0.690. The zero-order chi connectivity index (χ0) is 16.2. The Kier molecular flexibility index (Phi) is 4.20. The maximum absolute atomic E-state index is 12.7. The van der Waals surface area contributed by atoms with Gasteiger partial charge in [-0.2, -0.15) is 0 Å². The predicted octanol–water partition coefficient (Wildman–Crippen LogP) is 3.69. The van der Waals surface area contributed by atoms with Gasteiger partial charge in [-0.15, -0.1) is 0 Å². The average molecular weight is 303 g/mol. The van der Waals surface area contributed by atoms with Gasteiger partial charge < -0.3 is 4.57 Å². The minimum absolute atomic E-state index is 0.212. The van der Waals surface area contributed by atoms with Crippen molar-refractivity contribution < 1.29 is 4.79 Å². The topological polar surface area (TPSA) is 39.1 Å². The number of aromatic nitrogens is 1. The predicted molar refractivity (Wildman–Crippen MR) is 90.8 cm³/mol. The van der Waals surface area contributed by atoms with Crippen molar-refractivity contribution in [1.29, 1.82) is 0 Å². The SMILES string of the molecule is CC(=O)c1cccn(C(c2ccccc2)c2ccccc2)c1=O. The van der Waals surface area contributed by atoms with Crippen LogP contribution >= 0.6 is 0 Å². The van der Waals surface area contributed by atoms with Crippen LogP contribution in [-0.2, 0) is 0 Å². The molecule has 114 valence electrons. The number of rotatable bonds is 4. The van der Waals surface area contributed by atoms with Crippen LogP contribution in [0.15, 0.2) is 83.8 Å². The van der Waals surface area contributed by atoms with Gasteiger partial charge in [-0.05, 0) is 30.2 Å². The summed E-state index contributed by atoms with van der Waals surface area (Å²) >= 11 is 0. The molecule has 0 aliphatic carbocycles. The maximum atomic E-state index is 12.7. The van der Waals surface area contributed by atoms with Crippen molar-refractivity contribution in [2.75, 3.05) is 0 Å². The standard InChI is InChI=1S/C20H17NO2/c1-15(22)18-13-8-14-21(20(18)23)19(16-9-4-2-5-10-16)17-11-6-3-7-12-17/h2-14,19H,1H3. The van der Waals surface area contributed by atoms with E-state index in [1.165, 1.54) is 6.92 Å². The van der Waals surface area contributed by atoms with Crippen molar-refractivity contribution in [2.24, 2.45) is 0 Å². The van der Waals surface area contributed by atoms with E-state index in [2.05, 4.69) is 0 Å². The third-order valence-electron chi connectivity index (χ3n) is 3.86. The van der Waals surface area contributed by atoms with Crippen LogP contribution < -0.4 is 5.56 Å². The molecule has 0 aliphatic heterocycles. The highest BCUT2D eigenvalue weighted by Crippen LogP contribution is 2.25. The van der Waals surface area contributed by atoms with Crippen LogP contribution in [0.5, 0.6) is 0 Å². The van der Waals surface area contributed by atoms with Crippen molar-refractivity contribution in [3.8, 4) is 0 Å². The number of carbonyl (C=O) groups is 1. The average Bonchev–Trinajstić information content (AvgIpc) is 2.58. The summed E-state index contributed by atoms with van der Waals surface area (Å²) in [5, 5.41) is 0. The molecule has 0 radical (unpaired) electrons. The van der Waals surface area contributed by atoms with Gasteiger partial charge in [0.15, 0.2) is 5.78 Å². The van der Waals surface area contributed by atoms with Crippen molar-refractivity contribution in [1.82, 2.24) is 4.57 Å². The van der Waals surface area contributed by atoms with Crippen molar-refractivity contribution in [3.63, 3.8) is 0 Å². The van der Waals surface area contributed by atoms with Gasteiger partial charge in [0.1, 0.15) is 0 Å². The van der Waals surface area contributed by atoms with Crippen LogP contribution in [0.1, 0.15) is 34.5 Å². The minimum Gasteiger partial charge on any atom is -0.303 e. The molecule has 1 aromatic heterocycles. The fraction of sp³-hybridized carbons (Fsp3) is 0.100. The van der Waals surface area contributed by atoms with E-state index in [4.69, 9.17) is 0 Å². The lowest BCUT2D eigenvalue weighted by Crippen LogP contribution is -2.29. The van der Waals surface area contributed by atoms with Crippen molar-refractivity contribution >= 4 is 5.78 Å². The van der Waals surface area contributed by atoms with Crippen LogP contribution in [0.4, 0.5) is 0 Å². The molecule has 0 spiro atoms. The molecule has 0 aliphatic rings. The highest BCUT2D eigenvalue weighted by Gasteiger charge is 2.19. The normalized spacial score (nSPS) is 10.7. The molecule has 3 rings (SSSR count). The number of benzene rings is 2. The second-order valence-corrected chi connectivity index (χ2v) is 5.41. The number of carbonyl (C=O) groups excluding carboxylic acids is 1. The summed E-state index contributed by atoms with van der Waals surface area (Å²) in [6, 6.07) is 22.7. The van der Waals surface area contributed by atoms with Crippen molar-refractivity contribution in [2.45, 2.75) is 13.0 Å². The third-order valence-corrected chi connectivity index (χ3v) is 3.86. The van der Waals surface area contributed by atoms with E-state index in [1.807, 2.05) is 60.7 Å². The number of hydrogen-bond acceptors (Lipinski definition) is 2. The highest BCUT2D eigenvalue weighted by molar-refractivity contribution is 5.93. The van der Waals surface area contributed by atoms with Gasteiger partial charge in [-0.3, -0.25) is 9.59 Å². The molecular formula is C20H17NO2. The smallest absolute Gasteiger partial charge is 0.262 e. The fourth-order valence-electron chi connectivity index (χ4n) is 2.77. The fourth-order valence-corrected chi connectivity index (χ4v) is 2.77. The summed E-state index contributed by atoms with van der Waals surface area (Å²) in [4.78, 5) is 24.4. The molecule has 0 atom stereocenters. The first-order valence-corrected chi connectivity index (χ1v) is 7.50. The number of hydrogen-bond donors (Lipinski definition) is 0. The Morgan fingerprint density at radius 2 is 1.35 bits per heavy atom. The Bertz CT molecular complexity index is 827. The van der Waals surface area contributed by atoms with E-state index in [0.29, 0.717) is 0 Å². The maximum Gasteiger partial charge on any atom is 0.262 e. The monoisotopic (exact) mass is 303 g/mol. The van der Waals surface area contributed by atoms with Crippen LogP contribution in [0.25, 0.3) is 0 Å². The van der Waals surface area contributed by atoms with Crippen LogP contribution in [0.3, 0.4) is 0 Å². The summed E-state index contributed by atoms with van der Waals surface area (Å²) in [5.74, 6) is -0.218. The number of ketones is 1. The summed E-state index contributed by atoms with van der Waals surface area (Å²) < 4.78 is 1.63. The molecular weight excluding hydrogens is 286 g/mol. The number of pyridine rings is 1. The lowest BCUT2D eigenvalue weighted by Gasteiger charge is -2.21. The molecule has 0 saturated heterocycles. The molecule has 3 aromatic rings. The second kappa shape index (κ2) is 6.44. The van der Waals surface area contributed by atoms with E-state index >= 15 is 0 Å². The van der Waals surface area contributed by atoms with E-state index in [-0.39, 0.29) is 22.9 Å². The molecule has 3 nitrogen and oxygen atoms in total. The third kappa shape index (κ3) is 2.99. The van der Waals surface area contributed by atoms with Crippen LogP contribution in [0, 0.1) is 0 Å². The van der Waals surface area contributed by atoms with Gasteiger partial charge in [0.25, 0.3) is 5.56 Å². The summed E-state index contributed by atoms with van der Waals surface area (Å²) in [7, 11) is 0. The first-order chi connectivity index (χ1) is 11.2. The second-order valence-electron chi connectivity index (χ2n) is 5.41. The summed E-state index contributed by atoms with van der Waals surface area (Å²) in [5.41, 5.74) is 1.95. The molecule has 0 N–H and O–H groups in total. The summed E-state index contributed by atoms with van der Waals surface area (Å²) in [6.07, 6.45) is 1.74. The molecule has 23 heavy (non-hydrogen) atoms. The molecule has 3 heteroatoms. The lowest BCUT2D eigenvalue weighted by atomic mass is 9.98. The van der Waals surface area contributed by atoms with Gasteiger partial charge >= 0.3 is 0 Å². The molecule has 0 fully saturated rings. The Labute approximate surface area is 134 Å². The Balaban J connectivity index is 2.24. The zero-order valence-corrected chi connectivity index (χ0v) is 12.8. The number of nitrogens with zero attached hydrogens (tertiary/aromatic N) is 1. The Hall–Kier alpha value is -2.94. The van der Waals surface area contributed by atoms with E-state index in [9.17, 15) is 9.59 Å². The van der Waals surface area contributed by atoms with Crippen molar-refractivity contribution in [3.05, 3.63) is 106 Å². The van der Waals surface area contributed by atoms with E-state index in [1.54, 1.807) is 22.9 Å². The van der Waals surface area contributed by atoms with Gasteiger partial charge in [0, 0.05) is 6.20 Å². The molecule has 2 aromatic carbocycles. The highest BCUT2D eigenvalue weighted by atomic mass is 16.1. The Morgan fingerprint density at radius 3 is 1.83 bits per heavy atom. The molecule has 0 bridgehead atoms. The van der Waals surface area contributed by atoms with Gasteiger partial charge in [-0.1, -0.05) is 60.7 Å².